The van der Waals surface area contributed by atoms with Gasteiger partial charge in [0.25, 0.3) is 0 Å². The van der Waals surface area contributed by atoms with Crippen LogP contribution in [0, 0.1) is 6.92 Å². The number of benzene rings is 1. The molecule has 0 saturated carbocycles. The van der Waals surface area contributed by atoms with Gasteiger partial charge in [0.05, 0.1) is 5.92 Å². The Kier molecular flexibility index (Phi) is 3.51. The lowest BCUT2D eigenvalue weighted by Crippen LogP contribution is -2.08. The van der Waals surface area contributed by atoms with E-state index >= 15 is 0 Å². The summed E-state index contributed by atoms with van der Waals surface area (Å²) in [5.74, 6) is -0.714. The van der Waals surface area contributed by atoms with Crippen LogP contribution in [0.15, 0.2) is 40.8 Å². The highest BCUT2D eigenvalue weighted by Crippen LogP contribution is 2.18. The van der Waals surface area contributed by atoms with Crippen LogP contribution in [-0.2, 0) is 4.79 Å². The van der Waals surface area contributed by atoms with E-state index in [1.165, 1.54) is 0 Å². The SMILES string of the molecule is Cc1ccc(C(=O)c2ccc(C(C)C(=O)O)cc2)o1. The molecule has 1 aromatic heterocycles. The number of aryl methyl sites for hydroxylation is 1. The lowest BCUT2D eigenvalue weighted by atomic mass is 9.98. The van der Waals surface area contributed by atoms with Gasteiger partial charge in [0.15, 0.2) is 5.76 Å². The molecule has 0 bridgehead atoms. The second-order valence-corrected chi connectivity index (χ2v) is 4.42. The molecule has 1 unspecified atom stereocenters. The zero-order chi connectivity index (χ0) is 14.0. The molecule has 0 fully saturated rings. The first-order valence-electron chi connectivity index (χ1n) is 5.93. The van der Waals surface area contributed by atoms with Crippen LogP contribution in [0.4, 0.5) is 0 Å². The maximum atomic E-state index is 12.1. The Balaban J connectivity index is 2.23. The summed E-state index contributed by atoms with van der Waals surface area (Å²) in [5.41, 5.74) is 1.15. The summed E-state index contributed by atoms with van der Waals surface area (Å²) in [7, 11) is 0. The highest BCUT2D eigenvalue weighted by Gasteiger charge is 2.16. The van der Waals surface area contributed by atoms with Gasteiger partial charge >= 0.3 is 5.97 Å². The molecular formula is C15H14O4. The fourth-order valence-electron chi connectivity index (χ4n) is 1.76. The number of carbonyl (C=O) groups excluding carboxylic acids is 1. The van der Waals surface area contributed by atoms with Crippen LogP contribution < -0.4 is 0 Å². The largest absolute Gasteiger partial charge is 0.481 e. The first-order chi connectivity index (χ1) is 8.99. The van der Waals surface area contributed by atoms with Crippen LogP contribution in [0.25, 0.3) is 0 Å². The van der Waals surface area contributed by atoms with E-state index in [0.717, 1.165) is 0 Å². The van der Waals surface area contributed by atoms with Crippen molar-refractivity contribution in [1.82, 2.24) is 0 Å². The number of carbonyl (C=O) groups is 2. The fourth-order valence-corrected chi connectivity index (χ4v) is 1.76. The van der Waals surface area contributed by atoms with Gasteiger partial charge in [-0.1, -0.05) is 24.3 Å². The second-order valence-electron chi connectivity index (χ2n) is 4.42. The third kappa shape index (κ3) is 2.73. The molecular weight excluding hydrogens is 244 g/mol. The zero-order valence-corrected chi connectivity index (χ0v) is 10.7. The van der Waals surface area contributed by atoms with Crippen molar-refractivity contribution in [2.75, 3.05) is 0 Å². The normalized spacial score (nSPS) is 12.1. The van der Waals surface area contributed by atoms with Crippen molar-refractivity contribution >= 4 is 11.8 Å². The predicted octanol–water partition coefficient (Wildman–Crippen LogP) is 3.01. The van der Waals surface area contributed by atoms with Crippen molar-refractivity contribution in [2.24, 2.45) is 0 Å². The molecule has 0 aliphatic carbocycles. The summed E-state index contributed by atoms with van der Waals surface area (Å²) in [6, 6.07) is 9.91. The molecule has 1 aromatic carbocycles. The van der Waals surface area contributed by atoms with Crippen molar-refractivity contribution < 1.29 is 19.1 Å². The number of hydrogen-bond donors (Lipinski definition) is 1. The van der Waals surface area contributed by atoms with Crippen molar-refractivity contribution in [2.45, 2.75) is 19.8 Å². The maximum Gasteiger partial charge on any atom is 0.310 e. The number of hydrogen-bond acceptors (Lipinski definition) is 3. The van der Waals surface area contributed by atoms with E-state index in [4.69, 9.17) is 9.52 Å². The van der Waals surface area contributed by atoms with Crippen molar-refractivity contribution in [3.63, 3.8) is 0 Å². The summed E-state index contributed by atoms with van der Waals surface area (Å²) < 4.78 is 5.27. The molecule has 1 heterocycles. The van der Waals surface area contributed by atoms with E-state index < -0.39 is 11.9 Å². The molecule has 19 heavy (non-hydrogen) atoms. The van der Waals surface area contributed by atoms with E-state index in [1.807, 2.05) is 0 Å². The van der Waals surface area contributed by atoms with Crippen LogP contribution in [0.1, 0.15) is 40.3 Å². The van der Waals surface area contributed by atoms with E-state index in [2.05, 4.69) is 0 Å². The molecule has 1 N–H and O–H groups in total. The molecule has 98 valence electrons. The van der Waals surface area contributed by atoms with Gasteiger partial charge in [-0.3, -0.25) is 9.59 Å². The molecule has 4 nitrogen and oxygen atoms in total. The lowest BCUT2D eigenvalue weighted by molar-refractivity contribution is -0.138. The number of aliphatic carboxylic acids is 1. The Morgan fingerprint density at radius 2 is 1.74 bits per heavy atom. The Bertz CT molecular complexity index is 607. The summed E-state index contributed by atoms with van der Waals surface area (Å²) in [6.07, 6.45) is 0. The molecule has 1 atom stereocenters. The molecule has 0 radical (unpaired) electrons. The van der Waals surface area contributed by atoms with Crippen molar-refractivity contribution in [3.05, 3.63) is 59.0 Å². The summed E-state index contributed by atoms with van der Waals surface area (Å²) in [6.45, 7) is 3.38. The number of furan rings is 1. The summed E-state index contributed by atoms with van der Waals surface area (Å²) in [4.78, 5) is 22.9. The van der Waals surface area contributed by atoms with Crippen LogP contribution >= 0.6 is 0 Å². The number of rotatable bonds is 4. The van der Waals surface area contributed by atoms with Gasteiger partial charge in [0.1, 0.15) is 5.76 Å². The maximum absolute atomic E-state index is 12.1. The smallest absolute Gasteiger partial charge is 0.310 e. The number of carboxylic acids is 1. The molecule has 2 rings (SSSR count). The van der Waals surface area contributed by atoms with E-state index in [1.54, 1.807) is 50.2 Å². The third-order valence-corrected chi connectivity index (χ3v) is 3.01. The van der Waals surface area contributed by atoms with Gasteiger partial charge in [0, 0.05) is 5.56 Å². The average Bonchev–Trinajstić information content (AvgIpc) is 2.84. The quantitative estimate of drug-likeness (QED) is 0.856. The summed E-state index contributed by atoms with van der Waals surface area (Å²) in [5, 5.41) is 8.91. The van der Waals surface area contributed by atoms with Crippen molar-refractivity contribution in [3.8, 4) is 0 Å². The topological polar surface area (TPSA) is 67.5 Å². The van der Waals surface area contributed by atoms with Gasteiger partial charge in [-0.05, 0) is 31.5 Å². The Labute approximate surface area is 110 Å². The minimum Gasteiger partial charge on any atom is -0.481 e. The number of carboxylic acid groups (broad SMARTS) is 1. The molecule has 4 heteroatoms. The number of ketones is 1. The lowest BCUT2D eigenvalue weighted by Gasteiger charge is -2.06. The predicted molar refractivity (Wildman–Crippen MR) is 69.4 cm³/mol. The van der Waals surface area contributed by atoms with E-state index in [9.17, 15) is 9.59 Å². The van der Waals surface area contributed by atoms with Gasteiger partial charge in [0.2, 0.25) is 5.78 Å². The molecule has 0 aliphatic rings. The zero-order valence-electron chi connectivity index (χ0n) is 10.7. The standard InChI is InChI=1S/C15H14O4/c1-9-3-8-13(19-9)14(16)12-6-4-11(5-7-12)10(2)15(17)18/h3-8,10H,1-2H3,(H,17,18). The molecule has 0 amide bonds. The Morgan fingerprint density at radius 1 is 1.11 bits per heavy atom. The second kappa shape index (κ2) is 5.10. The molecule has 2 aromatic rings. The van der Waals surface area contributed by atoms with Gasteiger partial charge in [-0.15, -0.1) is 0 Å². The van der Waals surface area contributed by atoms with E-state index in [-0.39, 0.29) is 11.5 Å². The Hall–Kier alpha value is -2.36. The average molecular weight is 258 g/mol. The van der Waals surface area contributed by atoms with Gasteiger partial charge in [-0.25, -0.2) is 0 Å². The molecule has 0 spiro atoms. The third-order valence-electron chi connectivity index (χ3n) is 3.01. The minimum atomic E-state index is -0.888. The molecule has 0 aliphatic heterocycles. The highest BCUT2D eigenvalue weighted by atomic mass is 16.4. The first-order valence-corrected chi connectivity index (χ1v) is 5.93. The molecule has 0 saturated heterocycles. The summed E-state index contributed by atoms with van der Waals surface area (Å²) >= 11 is 0. The van der Waals surface area contributed by atoms with Crippen LogP contribution in [0.5, 0.6) is 0 Å². The van der Waals surface area contributed by atoms with Crippen molar-refractivity contribution in [1.29, 1.82) is 0 Å². The van der Waals surface area contributed by atoms with Crippen LogP contribution in [0.2, 0.25) is 0 Å². The van der Waals surface area contributed by atoms with Gasteiger partial charge < -0.3 is 9.52 Å². The first kappa shape index (κ1) is 13.1. The van der Waals surface area contributed by atoms with Crippen LogP contribution in [-0.4, -0.2) is 16.9 Å². The highest BCUT2D eigenvalue weighted by molar-refractivity contribution is 6.07. The minimum absolute atomic E-state index is 0.206. The Morgan fingerprint density at radius 3 is 2.21 bits per heavy atom. The monoisotopic (exact) mass is 258 g/mol. The van der Waals surface area contributed by atoms with Gasteiger partial charge in [-0.2, -0.15) is 0 Å². The van der Waals surface area contributed by atoms with E-state index in [0.29, 0.717) is 16.9 Å². The fraction of sp³-hybridized carbons (Fsp3) is 0.200. The van der Waals surface area contributed by atoms with Crippen LogP contribution in [0.3, 0.4) is 0 Å².